The molecule has 0 saturated carbocycles. The van der Waals surface area contributed by atoms with E-state index in [1.807, 2.05) is 12.1 Å². The Bertz CT molecular complexity index is 318. The summed E-state index contributed by atoms with van der Waals surface area (Å²) in [5.41, 5.74) is 0. The highest BCUT2D eigenvalue weighted by Gasteiger charge is 2.23. The van der Waals surface area contributed by atoms with E-state index in [4.69, 9.17) is 11.6 Å². The zero-order chi connectivity index (χ0) is 10.7. The van der Waals surface area contributed by atoms with E-state index in [0.29, 0.717) is 0 Å². The van der Waals surface area contributed by atoms with Crippen molar-refractivity contribution in [2.45, 2.75) is 6.04 Å². The first-order chi connectivity index (χ1) is 7.31. The third-order valence-corrected chi connectivity index (χ3v) is 3.99. The lowest BCUT2D eigenvalue weighted by Crippen LogP contribution is -2.45. The Morgan fingerprint density at radius 3 is 2.47 bits per heavy atom. The second-order valence-electron chi connectivity index (χ2n) is 3.60. The highest BCUT2D eigenvalue weighted by molar-refractivity contribution is 7.16. The highest BCUT2D eigenvalue weighted by Crippen LogP contribution is 2.30. The molecule has 17 heavy (non-hydrogen) atoms. The Balaban J connectivity index is 0.00000128. The van der Waals surface area contributed by atoms with E-state index < -0.39 is 0 Å². The largest absolute Gasteiger partial charge is 0.314 e. The van der Waals surface area contributed by atoms with Crippen molar-refractivity contribution in [2.75, 3.05) is 32.9 Å². The van der Waals surface area contributed by atoms with Crippen molar-refractivity contribution in [1.82, 2.24) is 10.2 Å². The first kappa shape index (κ1) is 17.4. The molecule has 0 aromatic carbocycles. The Morgan fingerprint density at radius 1 is 1.35 bits per heavy atom. The number of alkyl halides is 1. The van der Waals surface area contributed by atoms with Crippen molar-refractivity contribution in [2.24, 2.45) is 0 Å². The number of nitrogens with zero attached hydrogens (tertiary/aromatic N) is 1. The topological polar surface area (TPSA) is 15.3 Å². The maximum absolute atomic E-state index is 13.0. The van der Waals surface area contributed by atoms with Crippen molar-refractivity contribution in [3.05, 3.63) is 21.3 Å². The number of halogens is 4. The zero-order valence-electron chi connectivity index (χ0n) is 9.20. The lowest BCUT2D eigenvalue weighted by atomic mass is 10.2. The summed E-state index contributed by atoms with van der Waals surface area (Å²) in [5, 5.41) is 3.26. The van der Waals surface area contributed by atoms with Crippen LogP contribution in [-0.4, -0.2) is 37.8 Å². The van der Waals surface area contributed by atoms with E-state index in [9.17, 15) is 4.39 Å². The SMILES string of the molecule is Cl.Cl.FC[C@@H](c1ccc(Cl)s1)N1CCNCC1. The number of hydrogen-bond donors (Lipinski definition) is 1. The highest BCUT2D eigenvalue weighted by atomic mass is 35.5. The molecule has 1 N–H and O–H groups in total. The second-order valence-corrected chi connectivity index (χ2v) is 5.34. The molecule has 1 aliphatic rings. The average molecular weight is 322 g/mol. The smallest absolute Gasteiger partial charge is 0.110 e. The van der Waals surface area contributed by atoms with Gasteiger partial charge in [-0.2, -0.15) is 0 Å². The summed E-state index contributed by atoms with van der Waals surface area (Å²) in [6.45, 7) is 3.36. The zero-order valence-corrected chi connectivity index (χ0v) is 12.4. The predicted molar refractivity (Wildman–Crippen MR) is 77.0 cm³/mol. The van der Waals surface area contributed by atoms with Crippen LogP contribution < -0.4 is 5.32 Å². The van der Waals surface area contributed by atoms with Crippen LogP contribution in [0.3, 0.4) is 0 Å². The van der Waals surface area contributed by atoms with Crippen molar-refractivity contribution in [3.8, 4) is 0 Å². The molecular formula is C10H16Cl3FN2S. The molecule has 0 amide bonds. The van der Waals surface area contributed by atoms with Crippen LogP contribution in [-0.2, 0) is 0 Å². The Hall–Kier alpha value is 0.420. The third-order valence-electron chi connectivity index (χ3n) is 2.66. The molecule has 0 bridgehead atoms. The molecule has 1 atom stereocenters. The van der Waals surface area contributed by atoms with Gasteiger partial charge in [0, 0.05) is 31.1 Å². The lowest BCUT2D eigenvalue weighted by Gasteiger charge is -2.32. The Kier molecular flexibility index (Phi) is 8.72. The summed E-state index contributed by atoms with van der Waals surface area (Å²) in [5.74, 6) is 0. The molecule has 1 aliphatic heterocycles. The van der Waals surface area contributed by atoms with Gasteiger partial charge in [-0.3, -0.25) is 4.90 Å². The van der Waals surface area contributed by atoms with Gasteiger partial charge in [0.2, 0.25) is 0 Å². The van der Waals surface area contributed by atoms with Gasteiger partial charge in [0.05, 0.1) is 10.4 Å². The fourth-order valence-electron chi connectivity index (χ4n) is 1.85. The van der Waals surface area contributed by atoms with E-state index >= 15 is 0 Å². The standard InChI is InChI=1S/C10H14ClFN2S.2ClH/c11-10-2-1-9(15-10)8(7-12)14-5-3-13-4-6-14;;/h1-2,8,13H,3-7H2;2*1H/t8-;;/m0../s1. The summed E-state index contributed by atoms with van der Waals surface area (Å²) in [7, 11) is 0. The first-order valence-electron chi connectivity index (χ1n) is 5.07. The van der Waals surface area contributed by atoms with E-state index in [2.05, 4.69) is 10.2 Å². The van der Waals surface area contributed by atoms with Gasteiger partial charge in [0.25, 0.3) is 0 Å². The average Bonchev–Trinajstić information content (AvgIpc) is 2.68. The summed E-state index contributed by atoms with van der Waals surface area (Å²) in [4.78, 5) is 3.21. The quantitative estimate of drug-likeness (QED) is 0.920. The monoisotopic (exact) mass is 320 g/mol. The number of piperazine rings is 1. The maximum Gasteiger partial charge on any atom is 0.110 e. The van der Waals surface area contributed by atoms with Gasteiger partial charge >= 0.3 is 0 Å². The van der Waals surface area contributed by atoms with Gasteiger partial charge in [-0.1, -0.05) is 11.6 Å². The van der Waals surface area contributed by atoms with Gasteiger partial charge in [-0.15, -0.1) is 36.2 Å². The van der Waals surface area contributed by atoms with Crippen molar-refractivity contribution in [1.29, 1.82) is 0 Å². The number of rotatable bonds is 3. The van der Waals surface area contributed by atoms with Crippen LogP contribution in [0.15, 0.2) is 12.1 Å². The predicted octanol–water partition coefficient (Wildman–Crippen LogP) is 3.16. The minimum Gasteiger partial charge on any atom is -0.314 e. The molecule has 0 spiro atoms. The number of thiophene rings is 1. The number of hydrogen-bond acceptors (Lipinski definition) is 3. The summed E-state index contributed by atoms with van der Waals surface area (Å²) >= 11 is 7.34. The minimum atomic E-state index is -0.336. The third kappa shape index (κ3) is 4.54. The molecule has 1 fully saturated rings. The summed E-state index contributed by atoms with van der Waals surface area (Å²) in [6, 6.07) is 3.66. The Labute approximate surface area is 122 Å². The molecule has 0 unspecified atom stereocenters. The first-order valence-corrected chi connectivity index (χ1v) is 6.26. The van der Waals surface area contributed by atoms with Crippen LogP contribution in [0.4, 0.5) is 4.39 Å². The van der Waals surface area contributed by atoms with E-state index in [1.165, 1.54) is 11.3 Å². The fourth-order valence-corrected chi connectivity index (χ4v) is 3.03. The molecule has 2 nitrogen and oxygen atoms in total. The lowest BCUT2D eigenvalue weighted by molar-refractivity contribution is 0.150. The van der Waals surface area contributed by atoms with Crippen molar-refractivity contribution in [3.63, 3.8) is 0 Å². The molecule has 0 aliphatic carbocycles. The van der Waals surface area contributed by atoms with E-state index in [-0.39, 0.29) is 37.5 Å². The summed E-state index contributed by atoms with van der Waals surface area (Å²) in [6.07, 6.45) is 0. The molecule has 1 aromatic rings. The maximum atomic E-state index is 13.0. The number of nitrogens with one attached hydrogen (secondary N) is 1. The molecule has 7 heteroatoms. The molecule has 1 aromatic heterocycles. The molecule has 2 rings (SSSR count). The van der Waals surface area contributed by atoms with Gasteiger partial charge in [0.15, 0.2) is 0 Å². The fraction of sp³-hybridized carbons (Fsp3) is 0.600. The van der Waals surface area contributed by atoms with Crippen molar-refractivity contribution < 1.29 is 4.39 Å². The Morgan fingerprint density at radius 2 is 2.00 bits per heavy atom. The molecule has 100 valence electrons. The van der Waals surface area contributed by atoms with Gasteiger partial charge in [-0.05, 0) is 12.1 Å². The van der Waals surface area contributed by atoms with Gasteiger partial charge in [-0.25, -0.2) is 4.39 Å². The van der Waals surface area contributed by atoms with Crippen LogP contribution in [0.25, 0.3) is 0 Å². The van der Waals surface area contributed by atoms with Crippen LogP contribution >= 0.6 is 47.8 Å². The van der Waals surface area contributed by atoms with Crippen LogP contribution in [0.2, 0.25) is 4.34 Å². The molecule has 2 heterocycles. The van der Waals surface area contributed by atoms with E-state index in [0.717, 1.165) is 35.4 Å². The molecule has 0 radical (unpaired) electrons. The van der Waals surface area contributed by atoms with Crippen LogP contribution in [0, 0.1) is 0 Å². The molecule has 1 saturated heterocycles. The summed E-state index contributed by atoms with van der Waals surface area (Å²) < 4.78 is 13.8. The van der Waals surface area contributed by atoms with Gasteiger partial charge in [0.1, 0.15) is 6.67 Å². The van der Waals surface area contributed by atoms with Crippen molar-refractivity contribution >= 4 is 47.8 Å². The van der Waals surface area contributed by atoms with Crippen LogP contribution in [0.1, 0.15) is 10.9 Å². The van der Waals surface area contributed by atoms with Gasteiger partial charge < -0.3 is 5.32 Å². The van der Waals surface area contributed by atoms with E-state index in [1.54, 1.807) is 0 Å². The van der Waals surface area contributed by atoms with Crippen LogP contribution in [0.5, 0.6) is 0 Å². The normalized spacial score (nSPS) is 18.0. The second kappa shape index (κ2) is 8.51. The minimum absolute atomic E-state index is 0. The molecular weight excluding hydrogens is 306 g/mol.